The van der Waals surface area contributed by atoms with E-state index in [-0.39, 0.29) is 23.8 Å². The van der Waals surface area contributed by atoms with Crippen LogP contribution in [-0.2, 0) is 27.8 Å². The molecular weight excluding hydrogens is 370 g/mol. The van der Waals surface area contributed by atoms with Gasteiger partial charge in [-0.2, -0.15) is 8.42 Å². The number of hydrogen-bond donors (Lipinski definition) is 1. The summed E-state index contributed by atoms with van der Waals surface area (Å²) < 4.78 is 37.9. The first-order chi connectivity index (χ1) is 12.8. The molecule has 0 radical (unpaired) electrons. The third-order valence-electron chi connectivity index (χ3n) is 3.70. The van der Waals surface area contributed by atoms with Crippen LogP contribution in [0, 0.1) is 0 Å². The summed E-state index contributed by atoms with van der Waals surface area (Å²) in [5, 5.41) is 2.84. The Morgan fingerprint density at radius 1 is 1.00 bits per heavy atom. The number of ether oxygens (including phenoxy) is 2. The highest BCUT2D eigenvalue weighted by Crippen LogP contribution is 2.29. The van der Waals surface area contributed by atoms with Crippen molar-refractivity contribution in [3.8, 4) is 17.2 Å². The minimum Gasteiger partial charge on any atom is -0.497 e. The van der Waals surface area contributed by atoms with Crippen LogP contribution in [0.5, 0.6) is 17.2 Å². The molecule has 0 spiro atoms. The summed E-state index contributed by atoms with van der Waals surface area (Å²) in [6.45, 7) is 0.481. The highest BCUT2D eigenvalue weighted by Gasteiger charge is 2.13. The van der Waals surface area contributed by atoms with E-state index < -0.39 is 10.1 Å². The molecule has 0 saturated carbocycles. The van der Waals surface area contributed by atoms with Gasteiger partial charge in [-0.15, -0.1) is 0 Å². The lowest BCUT2D eigenvalue weighted by atomic mass is 10.1. The second-order valence-corrected chi connectivity index (χ2v) is 7.48. The first-order valence-corrected chi connectivity index (χ1v) is 10.1. The molecule has 7 nitrogen and oxygen atoms in total. The molecule has 0 atom stereocenters. The van der Waals surface area contributed by atoms with Gasteiger partial charge in [-0.05, 0) is 41.8 Å². The normalized spacial score (nSPS) is 10.9. The van der Waals surface area contributed by atoms with Crippen LogP contribution < -0.4 is 19.0 Å². The Balaban J connectivity index is 1.93. The fraction of sp³-hybridized carbons (Fsp3) is 0.316. The lowest BCUT2D eigenvalue weighted by Crippen LogP contribution is -2.27. The summed E-state index contributed by atoms with van der Waals surface area (Å²) in [5.74, 6) is 0.938. The van der Waals surface area contributed by atoms with Crippen LogP contribution in [-0.4, -0.2) is 41.3 Å². The maximum absolute atomic E-state index is 12.2. The molecule has 0 saturated heterocycles. The van der Waals surface area contributed by atoms with Crippen molar-refractivity contribution < 1.29 is 26.9 Å². The van der Waals surface area contributed by atoms with Gasteiger partial charge in [0.2, 0.25) is 5.91 Å². The second-order valence-electron chi connectivity index (χ2n) is 5.90. The van der Waals surface area contributed by atoms with E-state index in [9.17, 15) is 13.2 Å². The van der Waals surface area contributed by atoms with Crippen LogP contribution >= 0.6 is 0 Å². The lowest BCUT2D eigenvalue weighted by molar-refractivity contribution is -0.120. The SMILES string of the molecule is COc1cccc(CCNC(=O)Cc2ccc(OC)c(OS(C)(=O)=O)c2)c1. The molecule has 1 amide bonds. The predicted molar refractivity (Wildman–Crippen MR) is 102 cm³/mol. The smallest absolute Gasteiger partial charge is 0.306 e. The number of carbonyl (C=O) groups is 1. The molecular formula is C19H23NO6S. The van der Waals surface area contributed by atoms with E-state index in [2.05, 4.69) is 5.32 Å². The highest BCUT2D eigenvalue weighted by atomic mass is 32.2. The van der Waals surface area contributed by atoms with Gasteiger partial charge in [0.15, 0.2) is 11.5 Å². The van der Waals surface area contributed by atoms with Crippen LogP contribution in [0.4, 0.5) is 0 Å². The summed E-state index contributed by atoms with van der Waals surface area (Å²) in [6.07, 6.45) is 1.72. The number of carbonyl (C=O) groups excluding carboxylic acids is 1. The Labute approximate surface area is 159 Å². The van der Waals surface area contributed by atoms with Gasteiger partial charge in [0.1, 0.15) is 5.75 Å². The molecule has 0 unspecified atom stereocenters. The summed E-state index contributed by atoms with van der Waals surface area (Å²) in [4.78, 5) is 12.2. The van der Waals surface area contributed by atoms with E-state index in [4.69, 9.17) is 13.7 Å². The molecule has 0 aromatic heterocycles. The average molecular weight is 393 g/mol. The first kappa shape index (κ1) is 20.6. The molecule has 0 aliphatic carbocycles. The monoisotopic (exact) mass is 393 g/mol. The van der Waals surface area contributed by atoms with E-state index in [0.717, 1.165) is 17.6 Å². The Kier molecular flexibility index (Phi) is 7.06. The van der Waals surface area contributed by atoms with Crippen molar-refractivity contribution in [3.05, 3.63) is 53.6 Å². The van der Waals surface area contributed by atoms with E-state index in [1.165, 1.54) is 13.2 Å². The summed E-state index contributed by atoms with van der Waals surface area (Å²) in [6, 6.07) is 12.4. The largest absolute Gasteiger partial charge is 0.497 e. The van der Waals surface area contributed by atoms with Gasteiger partial charge in [0.25, 0.3) is 0 Å². The van der Waals surface area contributed by atoms with E-state index in [1.807, 2.05) is 24.3 Å². The number of amides is 1. The van der Waals surface area contributed by atoms with Crippen molar-refractivity contribution in [2.45, 2.75) is 12.8 Å². The van der Waals surface area contributed by atoms with Crippen molar-refractivity contribution in [1.29, 1.82) is 0 Å². The Hall–Kier alpha value is -2.74. The lowest BCUT2D eigenvalue weighted by Gasteiger charge is -2.11. The van der Waals surface area contributed by atoms with Gasteiger partial charge in [0, 0.05) is 6.54 Å². The van der Waals surface area contributed by atoms with Gasteiger partial charge in [0.05, 0.1) is 26.9 Å². The van der Waals surface area contributed by atoms with E-state index in [0.29, 0.717) is 18.5 Å². The highest BCUT2D eigenvalue weighted by molar-refractivity contribution is 7.86. The van der Waals surface area contributed by atoms with Crippen molar-refractivity contribution >= 4 is 16.0 Å². The van der Waals surface area contributed by atoms with Gasteiger partial charge in [-0.3, -0.25) is 4.79 Å². The second kappa shape index (κ2) is 9.27. The van der Waals surface area contributed by atoms with E-state index in [1.54, 1.807) is 19.2 Å². The van der Waals surface area contributed by atoms with Crippen LogP contribution in [0.2, 0.25) is 0 Å². The van der Waals surface area contributed by atoms with Gasteiger partial charge in [-0.1, -0.05) is 18.2 Å². The van der Waals surface area contributed by atoms with E-state index >= 15 is 0 Å². The Morgan fingerprint density at radius 2 is 1.78 bits per heavy atom. The molecule has 0 heterocycles. The van der Waals surface area contributed by atoms with Crippen LogP contribution in [0.1, 0.15) is 11.1 Å². The van der Waals surface area contributed by atoms with Crippen molar-refractivity contribution in [1.82, 2.24) is 5.32 Å². The zero-order valence-corrected chi connectivity index (χ0v) is 16.3. The third-order valence-corrected chi connectivity index (χ3v) is 4.19. The van der Waals surface area contributed by atoms with Gasteiger partial charge >= 0.3 is 10.1 Å². The molecule has 8 heteroatoms. The molecule has 2 rings (SSSR count). The fourth-order valence-corrected chi connectivity index (χ4v) is 2.94. The molecule has 2 aromatic rings. The Morgan fingerprint density at radius 3 is 2.44 bits per heavy atom. The van der Waals surface area contributed by atoms with Gasteiger partial charge in [-0.25, -0.2) is 0 Å². The van der Waals surface area contributed by atoms with Crippen molar-refractivity contribution in [2.75, 3.05) is 27.0 Å². The number of benzene rings is 2. The van der Waals surface area contributed by atoms with Crippen molar-refractivity contribution in [3.63, 3.8) is 0 Å². The molecule has 27 heavy (non-hydrogen) atoms. The molecule has 146 valence electrons. The summed E-state index contributed by atoms with van der Waals surface area (Å²) in [7, 11) is -0.676. The van der Waals surface area contributed by atoms with Crippen LogP contribution in [0.15, 0.2) is 42.5 Å². The number of rotatable bonds is 9. The molecule has 0 aliphatic heterocycles. The molecule has 0 aliphatic rings. The molecule has 1 N–H and O–H groups in total. The van der Waals surface area contributed by atoms with Gasteiger partial charge < -0.3 is 19.0 Å². The molecule has 0 fully saturated rings. The minimum absolute atomic E-state index is 0.0571. The third kappa shape index (κ3) is 6.82. The summed E-state index contributed by atoms with van der Waals surface area (Å²) >= 11 is 0. The number of nitrogens with one attached hydrogen (secondary N) is 1. The van der Waals surface area contributed by atoms with Crippen LogP contribution in [0.3, 0.4) is 0 Å². The standard InChI is InChI=1S/C19H23NO6S/c1-24-16-6-4-5-14(11-16)9-10-20-19(21)13-15-7-8-17(25-2)18(12-15)26-27(3,22)23/h4-8,11-12H,9-10,13H2,1-3H3,(H,20,21). The van der Waals surface area contributed by atoms with Crippen LogP contribution in [0.25, 0.3) is 0 Å². The molecule has 2 aromatic carbocycles. The maximum atomic E-state index is 12.2. The number of methoxy groups -OCH3 is 2. The van der Waals surface area contributed by atoms with Crippen molar-refractivity contribution in [2.24, 2.45) is 0 Å². The number of hydrogen-bond acceptors (Lipinski definition) is 6. The first-order valence-electron chi connectivity index (χ1n) is 8.26. The Bertz CT molecular complexity index is 895. The zero-order chi connectivity index (χ0) is 19.9. The topological polar surface area (TPSA) is 90.9 Å². The maximum Gasteiger partial charge on any atom is 0.306 e. The average Bonchev–Trinajstić information content (AvgIpc) is 2.61. The minimum atomic E-state index is -3.70. The molecule has 0 bridgehead atoms. The fourth-order valence-electron chi connectivity index (χ4n) is 2.48. The summed E-state index contributed by atoms with van der Waals surface area (Å²) in [5.41, 5.74) is 1.68. The quantitative estimate of drug-likeness (QED) is 0.655. The predicted octanol–water partition coefficient (Wildman–Crippen LogP) is 1.94. The zero-order valence-electron chi connectivity index (χ0n) is 15.5.